The second kappa shape index (κ2) is 5.59. The quantitative estimate of drug-likeness (QED) is 0.846. The van der Waals surface area contributed by atoms with Gasteiger partial charge in [-0.3, -0.25) is 9.36 Å². The Balaban J connectivity index is 1.88. The number of nitrogens with zero attached hydrogens (tertiary/aromatic N) is 2. The number of rotatable bonds is 4. The van der Waals surface area contributed by atoms with Gasteiger partial charge in [0.15, 0.2) is 4.90 Å². The molecule has 2 aliphatic carbocycles. The number of aryl methyl sites for hydroxylation is 1. The molecule has 0 aromatic carbocycles. The molecule has 0 aliphatic heterocycles. The van der Waals surface area contributed by atoms with E-state index in [4.69, 9.17) is 0 Å². The zero-order valence-electron chi connectivity index (χ0n) is 13.7. The van der Waals surface area contributed by atoms with Crippen LogP contribution in [0.4, 0.5) is 0 Å². The third-order valence-corrected chi connectivity index (χ3v) is 7.02. The summed E-state index contributed by atoms with van der Waals surface area (Å²) in [7, 11) is -1.24. The van der Waals surface area contributed by atoms with Crippen molar-refractivity contribution in [2.45, 2.75) is 43.5 Å². The summed E-state index contributed by atoms with van der Waals surface area (Å²) in [5.41, 5.74) is -1.34. The summed E-state index contributed by atoms with van der Waals surface area (Å²) in [5, 5.41) is 0. The average Bonchev–Trinajstić information content (AvgIpc) is 3.11. The van der Waals surface area contributed by atoms with Gasteiger partial charge in [0.1, 0.15) is 0 Å². The maximum absolute atomic E-state index is 12.6. The van der Waals surface area contributed by atoms with E-state index in [1.807, 2.05) is 6.92 Å². The first-order chi connectivity index (χ1) is 10.7. The first kappa shape index (κ1) is 16.4. The molecule has 8 heteroatoms. The summed E-state index contributed by atoms with van der Waals surface area (Å²) in [6.45, 7) is 1.87. The predicted octanol–water partition coefficient (Wildman–Crippen LogP) is 0.187. The van der Waals surface area contributed by atoms with Gasteiger partial charge in [0, 0.05) is 26.3 Å². The molecule has 2 aliphatic rings. The van der Waals surface area contributed by atoms with Gasteiger partial charge < -0.3 is 4.57 Å². The largest absolute Gasteiger partial charge is 0.330 e. The van der Waals surface area contributed by atoms with E-state index in [1.165, 1.54) is 33.4 Å². The molecule has 1 aromatic rings. The van der Waals surface area contributed by atoms with Crippen LogP contribution in [0.2, 0.25) is 0 Å². The van der Waals surface area contributed by atoms with Crippen molar-refractivity contribution < 1.29 is 8.42 Å². The Kier molecular flexibility index (Phi) is 4.00. The van der Waals surface area contributed by atoms with Crippen molar-refractivity contribution in [3.63, 3.8) is 0 Å². The number of hydrogen-bond acceptors (Lipinski definition) is 4. The van der Waals surface area contributed by atoms with Gasteiger partial charge in [-0.1, -0.05) is 6.42 Å². The molecule has 4 atom stereocenters. The van der Waals surface area contributed by atoms with Gasteiger partial charge in [0.25, 0.3) is 5.56 Å². The molecule has 2 saturated carbocycles. The normalized spacial score (nSPS) is 28.2. The molecule has 0 amide bonds. The molecular weight excluding hydrogens is 318 g/mol. The molecular formula is C15H23N3O4S. The van der Waals surface area contributed by atoms with E-state index in [0.717, 1.165) is 27.7 Å². The van der Waals surface area contributed by atoms with E-state index in [0.29, 0.717) is 11.8 Å². The predicted molar refractivity (Wildman–Crippen MR) is 85.6 cm³/mol. The van der Waals surface area contributed by atoms with Gasteiger partial charge in [-0.05, 0) is 43.9 Å². The van der Waals surface area contributed by atoms with Gasteiger partial charge in [0.2, 0.25) is 10.0 Å². The second-order valence-electron chi connectivity index (χ2n) is 7.00. The molecule has 128 valence electrons. The van der Waals surface area contributed by atoms with Crippen LogP contribution in [0.1, 0.15) is 32.6 Å². The van der Waals surface area contributed by atoms with Crippen molar-refractivity contribution >= 4 is 10.0 Å². The summed E-state index contributed by atoms with van der Waals surface area (Å²) < 4.78 is 29.8. The van der Waals surface area contributed by atoms with Crippen LogP contribution in [0.25, 0.3) is 0 Å². The number of fused-ring (bicyclic) bond motifs is 2. The van der Waals surface area contributed by atoms with Crippen LogP contribution in [0.15, 0.2) is 20.7 Å². The Bertz CT molecular complexity index is 839. The minimum absolute atomic E-state index is 0.211. The fraction of sp³-hybridized carbons (Fsp3) is 0.733. The molecule has 23 heavy (non-hydrogen) atoms. The standard InChI is InChI=1S/C15H23N3O4S/c1-9(12-7-10-4-5-11(12)6-10)16-23(21,22)13-8-17(2)15(20)18(3)14(13)19/h8-12,16H,4-7H2,1-3H3/t9-,10+,11+,12-/m1/s1. The van der Waals surface area contributed by atoms with Crippen molar-refractivity contribution in [3.05, 3.63) is 27.0 Å². The van der Waals surface area contributed by atoms with Crippen LogP contribution in [0.3, 0.4) is 0 Å². The lowest BCUT2D eigenvalue weighted by Crippen LogP contribution is -2.45. The smallest absolute Gasteiger partial charge is 0.302 e. The highest BCUT2D eigenvalue weighted by molar-refractivity contribution is 7.89. The van der Waals surface area contributed by atoms with Crippen LogP contribution >= 0.6 is 0 Å². The van der Waals surface area contributed by atoms with Crippen molar-refractivity contribution in [1.82, 2.24) is 13.9 Å². The topological polar surface area (TPSA) is 90.2 Å². The van der Waals surface area contributed by atoms with E-state index < -0.39 is 21.3 Å². The molecule has 1 aromatic heterocycles. The summed E-state index contributed by atoms with van der Waals surface area (Å²) in [5.74, 6) is 1.64. The monoisotopic (exact) mass is 341 g/mol. The number of nitrogens with one attached hydrogen (secondary N) is 1. The SMILES string of the molecule is C[C@@H](NS(=O)(=O)c1cn(C)c(=O)n(C)c1=O)[C@H]1C[C@H]2CC[C@H]1C2. The third-order valence-electron chi connectivity index (χ3n) is 5.48. The van der Waals surface area contributed by atoms with E-state index in [1.54, 1.807) is 0 Å². The lowest BCUT2D eigenvalue weighted by atomic mass is 9.84. The Hall–Kier alpha value is -1.41. The maximum atomic E-state index is 12.6. The van der Waals surface area contributed by atoms with Crippen molar-refractivity contribution in [1.29, 1.82) is 0 Å². The fourth-order valence-corrected chi connectivity index (χ4v) is 5.72. The first-order valence-corrected chi connectivity index (χ1v) is 9.48. The Morgan fingerprint density at radius 2 is 1.91 bits per heavy atom. The van der Waals surface area contributed by atoms with Crippen LogP contribution < -0.4 is 16.0 Å². The van der Waals surface area contributed by atoms with E-state index in [-0.39, 0.29) is 10.9 Å². The molecule has 1 heterocycles. The minimum Gasteiger partial charge on any atom is -0.302 e. The van der Waals surface area contributed by atoms with E-state index >= 15 is 0 Å². The summed E-state index contributed by atoms with van der Waals surface area (Å²) in [6.07, 6.45) is 5.77. The van der Waals surface area contributed by atoms with Crippen molar-refractivity contribution in [2.75, 3.05) is 0 Å². The fourth-order valence-electron chi connectivity index (χ4n) is 4.26. The highest BCUT2D eigenvalue weighted by Crippen LogP contribution is 2.49. The molecule has 7 nitrogen and oxygen atoms in total. The van der Waals surface area contributed by atoms with Crippen molar-refractivity contribution in [3.8, 4) is 0 Å². The zero-order chi connectivity index (χ0) is 16.9. The highest BCUT2D eigenvalue weighted by Gasteiger charge is 2.42. The van der Waals surface area contributed by atoms with Gasteiger partial charge in [-0.25, -0.2) is 17.9 Å². The number of hydrogen-bond donors (Lipinski definition) is 1. The zero-order valence-corrected chi connectivity index (χ0v) is 14.5. The molecule has 0 radical (unpaired) electrons. The number of sulfonamides is 1. The lowest BCUT2D eigenvalue weighted by molar-refractivity contribution is 0.280. The van der Waals surface area contributed by atoms with Crippen LogP contribution in [-0.2, 0) is 24.1 Å². The van der Waals surface area contributed by atoms with Gasteiger partial charge in [-0.2, -0.15) is 0 Å². The van der Waals surface area contributed by atoms with Crippen LogP contribution in [0, 0.1) is 17.8 Å². The molecule has 0 saturated heterocycles. The molecule has 0 spiro atoms. The molecule has 2 fully saturated rings. The summed E-state index contributed by atoms with van der Waals surface area (Å²) in [4.78, 5) is 23.5. The van der Waals surface area contributed by atoms with Crippen LogP contribution in [-0.4, -0.2) is 23.6 Å². The average molecular weight is 341 g/mol. The Morgan fingerprint density at radius 1 is 1.22 bits per heavy atom. The third kappa shape index (κ3) is 2.78. The second-order valence-corrected chi connectivity index (χ2v) is 8.68. The molecule has 0 unspecified atom stereocenters. The Morgan fingerprint density at radius 3 is 2.48 bits per heavy atom. The van der Waals surface area contributed by atoms with Gasteiger partial charge in [0.05, 0.1) is 0 Å². The molecule has 1 N–H and O–H groups in total. The van der Waals surface area contributed by atoms with E-state index in [2.05, 4.69) is 4.72 Å². The summed E-state index contributed by atoms with van der Waals surface area (Å²) in [6, 6.07) is -0.211. The van der Waals surface area contributed by atoms with Gasteiger partial charge >= 0.3 is 5.69 Å². The lowest BCUT2D eigenvalue weighted by Gasteiger charge is -2.28. The Labute approximate surface area is 135 Å². The van der Waals surface area contributed by atoms with Crippen molar-refractivity contribution in [2.24, 2.45) is 31.8 Å². The first-order valence-electron chi connectivity index (χ1n) is 7.99. The summed E-state index contributed by atoms with van der Waals surface area (Å²) >= 11 is 0. The van der Waals surface area contributed by atoms with E-state index in [9.17, 15) is 18.0 Å². The maximum Gasteiger partial charge on any atom is 0.330 e. The molecule has 2 bridgehead atoms. The molecule has 3 rings (SSSR count). The minimum atomic E-state index is -3.95. The van der Waals surface area contributed by atoms with Gasteiger partial charge in [-0.15, -0.1) is 0 Å². The van der Waals surface area contributed by atoms with Crippen LogP contribution in [0.5, 0.6) is 0 Å². The number of aromatic nitrogens is 2. The highest BCUT2D eigenvalue weighted by atomic mass is 32.2.